The summed E-state index contributed by atoms with van der Waals surface area (Å²) in [6.45, 7) is 4.45. The number of rotatable bonds is 5. The third-order valence-electron chi connectivity index (χ3n) is 3.48. The SMILES string of the molecule is CCC(O)c1ccc(OCC2CCOCC2)cc1. The average Bonchev–Trinajstić information content (AvgIpc) is 2.46. The van der Waals surface area contributed by atoms with Crippen molar-refractivity contribution in [2.75, 3.05) is 19.8 Å². The van der Waals surface area contributed by atoms with Gasteiger partial charge >= 0.3 is 0 Å². The number of aliphatic hydroxyl groups excluding tert-OH is 1. The zero-order chi connectivity index (χ0) is 12.8. The molecule has 1 aromatic carbocycles. The zero-order valence-corrected chi connectivity index (χ0v) is 11.0. The Balaban J connectivity index is 1.82. The van der Waals surface area contributed by atoms with Crippen molar-refractivity contribution >= 4 is 0 Å². The van der Waals surface area contributed by atoms with Crippen molar-refractivity contribution in [1.82, 2.24) is 0 Å². The highest BCUT2D eigenvalue weighted by Gasteiger charge is 2.14. The molecule has 0 aliphatic carbocycles. The lowest BCUT2D eigenvalue weighted by Crippen LogP contribution is -2.21. The lowest BCUT2D eigenvalue weighted by molar-refractivity contribution is 0.0497. The maximum absolute atomic E-state index is 9.70. The third kappa shape index (κ3) is 3.72. The van der Waals surface area contributed by atoms with Gasteiger partial charge in [-0.3, -0.25) is 0 Å². The predicted molar refractivity (Wildman–Crippen MR) is 70.7 cm³/mol. The van der Waals surface area contributed by atoms with Gasteiger partial charge in [0.05, 0.1) is 12.7 Å². The van der Waals surface area contributed by atoms with Gasteiger partial charge in [-0.2, -0.15) is 0 Å². The molecule has 0 saturated carbocycles. The van der Waals surface area contributed by atoms with E-state index in [1.165, 1.54) is 0 Å². The van der Waals surface area contributed by atoms with Crippen molar-refractivity contribution in [3.05, 3.63) is 29.8 Å². The van der Waals surface area contributed by atoms with E-state index in [1.54, 1.807) is 0 Å². The summed E-state index contributed by atoms with van der Waals surface area (Å²) in [7, 11) is 0. The normalized spacial score (nSPS) is 18.6. The summed E-state index contributed by atoms with van der Waals surface area (Å²) in [6, 6.07) is 7.75. The fraction of sp³-hybridized carbons (Fsp3) is 0.600. The van der Waals surface area contributed by atoms with E-state index in [0.717, 1.165) is 50.4 Å². The van der Waals surface area contributed by atoms with Crippen LogP contribution in [0.3, 0.4) is 0 Å². The van der Waals surface area contributed by atoms with Crippen LogP contribution >= 0.6 is 0 Å². The van der Waals surface area contributed by atoms with Crippen molar-refractivity contribution in [2.24, 2.45) is 5.92 Å². The Hall–Kier alpha value is -1.06. The fourth-order valence-corrected chi connectivity index (χ4v) is 2.15. The first-order valence-corrected chi connectivity index (χ1v) is 6.78. The van der Waals surface area contributed by atoms with Gasteiger partial charge in [-0.1, -0.05) is 19.1 Å². The highest BCUT2D eigenvalue weighted by atomic mass is 16.5. The molecule has 0 radical (unpaired) electrons. The van der Waals surface area contributed by atoms with Crippen LogP contribution in [0.2, 0.25) is 0 Å². The molecule has 18 heavy (non-hydrogen) atoms. The van der Waals surface area contributed by atoms with Crippen LogP contribution in [0.15, 0.2) is 24.3 Å². The Morgan fingerprint density at radius 3 is 2.56 bits per heavy atom. The van der Waals surface area contributed by atoms with Crippen molar-refractivity contribution in [3.63, 3.8) is 0 Å². The molecule has 0 aromatic heterocycles. The molecule has 1 saturated heterocycles. The van der Waals surface area contributed by atoms with Crippen LogP contribution in [0.5, 0.6) is 5.75 Å². The summed E-state index contributed by atoms with van der Waals surface area (Å²) >= 11 is 0. The van der Waals surface area contributed by atoms with E-state index in [2.05, 4.69) is 0 Å². The Bertz CT molecular complexity index is 341. The first-order valence-electron chi connectivity index (χ1n) is 6.78. The second-order valence-electron chi connectivity index (χ2n) is 4.86. The molecule has 1 aliphatic rings. The molecule has 1 heterocycles. The minimum absolute atomic E-state index is 0.366. The molecule has 1 atom stereocenters. The van der Waals surface area contributed by atoms with E-state index in [1.807, 2.05) is 31.2 Å². The lowest BCUT2D eigenvalue weighted by Gasteiger charge is -2.22. The minimum Gasteiger partial charge on any atom is -0.493 e. The van der Waals surface area contributed by atoms with Crippen molar-refractivity contribution in [2.45, 2.75) is 32.3 Å². The van der Waals surface area contributed by atoms with Gasteiger partial charge < -0.3 is 14.6 Å². The van der Waals surface area contributed by atoms with Crippen LogP contribution < -0.4 is 4.74 Å². The lowest BCUT2D eigenvalue weighted by atomic mass is 10.0. The maximum Gasteiger partial charge on any atom is 0.119 e. The first kappa shape index (κ1) is 13.4. The second-order valence-corrected chi connectivity index (χ2v) is 4.86. The molecule has 0 spiro atoms. The van der Waals surface area contributed by atoms with Crippen molar-refractivity contribution in [3.8, 4) is 5.75 Å². The fourth-order valence-electron chi connectivity index (χ4n) is 2.15. The van der Waals surface area contributed by atoms with Crippen LogP contribution in [0.25, 0.3) is 0 Å². The molecule has 0 amide bonds. The van der Waals surface area contributed by atoms with Gasteiger partial charge in [-0.25, -0.2) is 0 Å². The molecular formula is C15H22O3. The summed E-state index contributed by atoms with van der Waals surface area (Å²) in [4.78, 5) is 0. The number of hydrogen-bond donors (Lipinski definition) is 1. The van der Waals surface area contributed by atoms with E-state index >= 15 is 0 Å². The van der Waals surface area contributed by atoms with Crippen molar-refractivity contribution < 1.29 is 14.6 Å². The smallest absolute Gasteiger partial charge is 0.119 e. The summed E-state index contributed by atoms with van der Waals surface area (Å²) in [5.41, 5.74) is 0.955. The summed E-state index contributed by atoms with van der Waals surface area (Å²) in [6.07, 6.45) is 2.55. The van der Waals surface area contributed by atoms with Gasteiger partial charge in [0.25, 0.3) is 0 Å². The highest BCUT2D eigenvalue weighted by molar-refractivity contribution is 5.28. The van der Waals surface area contributed by atoms with Gasteiger partial charge in [-0.05, 0) is 42.9 Å². The van der Waals surface area contributed by atoms with Crippen LogP contribution in [-0.2, 0) is 4.74 Å². The monoisotopic (exact) mass is 250 g/mol. The van der Waals surface area contributed by atoms with E-state index in [0.29, 0.717) is 5.92 Å². The number of ether oxygens (including phenoxy) is 2. The highest BCUT2D eigenvalue weighted by Crippen LogP contribution is 2.21. The second kappa shape index (κ2) is 6.76. The Morgan fingerprint density at radius 2 is 1.94 bits per heavy atom. The molecule has 3 nitrogen and oxygen atoms in total. The molecule has 1 N–H and O–H groups in total. The van der Waals surface area contributed by atoms with Gasteiger partial charge in [0.1, 0.15) is 5.75 Å². The molecule has 0 bridgehead atoms. The average molecular weight is 250 g/mol. The van der Waals surface area contributed by atoms with Gasteiger partial charge in [0.15, 0.2) is 0 Å². The molecule has 1 unspecified atom stereocenters. The van der Waals surface area contributed by atoms with E-state index in [9.17, 15) is 5.11 Å². The summed E-state index contributed by atoms with van der Waals surface area (Å²) < 4.78 is 11.1. The van der Waals surface area contributed by atoms with E-state index in [4.69, 9.17) is 9.47 Å². The summed E-state index contributed by atoms with van der Waals surface area (Å²) in [5, 5.41) is 9.70. The van der Waals surface area contributed by atoms with Crippen LogP contribution in [-0.4, -0.2) is 24.9 Å². The van der Waals surface area contributed by atoms with Gasteiger partial charge in [0.2, 0.25) is 0 Å². The maximum atomic E-state index is 9.70. The van der Waals surface area contributed by atoms with E-state index < -0.39 is 0 Å². The van der Waals surface area contributed by atoms with Crippen LogP contribution in [0.4, 0.5) is 0 Å². The molecule has 1 fully saturated rings. The standard InChI is InChI=1S/C15H22O3/c1-2-15(16)13-3-5-14(6-4-13)18-11-12-7-9-17-10-8-12/h3-6,12,15-16H,2,7-11H2,1H3. The zero-order valence-electron chi connectivity index (χ0n) is 11.0. The minimum atomic E-state index is -0.366. The number of aliphatic hydroxyl groups is 1. The van der Waals surface area contributed by atoms with E-state index in [-0.39, 0.29) is 6.10 Å². The largest absolute Gasteiger partial charge is 0.493 e. The molecule has 100 valence electrons. The summed E-state index contributed by atoms with van der Waals surface area (Å²) in [5.74, 6) is 1.49. The van der Waals surface area contributed by atoms with Gasteiger partial charge in [-0.15, -0.1) is 0 Å². The number of benzene rings is 1. The van der Waals surface area contributed by atoms with Crippen LogP contribution in [0, 0.1) is 5.92 Å². The van der Waals surface area contributed by atoms with Gasteiger partial charge in [0, 0.05) is 13.2 Å². The molecule has 1 aromatic rings. The topological polar surface area (TPSA) is 38.7 Å². The molecule has 3 heteroatoms. The molecule has 1 aliphatic heterocycles. The number of hydrogen-bond acceptors (Lipinski definition) is 3. The first-order chi connectivity index (χ1) is 8.79. The Kier molecular flexibility index (Phi) is 5.02. The van der Waals surface area contributed by atoms with Crippen LogP contribution in [0.1, 0.15) is 37.9 Å². The molecular weight excluding hydrogens is 228 g/mol. The quantitative estimate of drug-likeness (QED) is 0.873. The third-order valence-corrected chi connectivity index (χ3v) is 3.48. The molecule has 2 rings (SSSR count). The van der Waals surface area contributed by atoms with Crippen molar-refractivity contribution in [1.29, 1.82) is 0 Å². The predicted octanol–water partition coefficient (Wildman–Crippen LogP) is 2.94. The Labute approximate surface area is 109 Å². The Morgan fingerprint density at radius 1 is 1.28 bits per heavy atom.